The summed E-state index contributed by atoms with van der Waals surface area (Å²) >= 11 is 6.19. The van der Waals surface area contributed by atoms with E-state index in [1.165, 1.54) is 9.13 Å². The van der Waals surface area contributed by atoms with Crippen LogP contribution in [-0.2, 0) is 20.1 Å². The van der Waals surface area contributed by atoms with Gasteiger partial charge in [0.1, 0.15) is 5.82 Å². The second-order valence-corrected chi connectivity index (χ2v) is 6.88. The van der Waals surface area contributed by atoms with E-state index in [0.717, 1.165) is 21.2 Å². The first kappa shape index (κ1) is 18.9. The van der Waals surface area contributed by atoms with E-state index in [4.69, 9.17) is 11.6 Å². The van der Waals surface area contributed by atoms with Gasteiger partial charge in [0.2, 0.25) is 5.28 Å². The maximum absolute atomic E-state index is 13.2. The van der Waals surface area contributed by atoms with E-state index in [9.17, 15) is 9.59 Å². The number of hydrogen-bond donors (Lipinski definition) is 0. The molecule has 0 aliphatic heterocycles. The van der Waals surface area contributed by atoms with Crippen molar-refractivity contribution in [2.45, 2.75) is 26.9 Å². The zero-order valence-electron chi connectivity index (χ0n) is 16.1. The van der Waals surface area contributed by atoms with E-state index in [2.05, 4.69) is 26.8 Å². The van der Waals surface area contributed by atoms with Gasteiger partial charge in [0.25, 0.3) is 5.56 Å². The van der Waals surface area contributed by atoms with Gasteiger partial charge in [-0.1, -0.05) is 24.1 Å². The lowest BCUT2D eigenvalue weighted by Gasteiger charge is -2.10. The highest BCUT2D eigenvalue weighted by atomic mass is 35.5. The third-order valence-electron chi connectivity index (χ3n) is 4.74. The predicted octanol–water partition coefficient (Wildman–Crippen LogP) is 1.87. The molecule has 3 heterocycles. The van der Waals surface area contributed by atoms with E-state index in [-0.39, 0.29) is 29.5 Å². The standard InChI is InChI=1S/C20H17ClN6O2/c1-4-5-10-26-16-17(24-19(26)21)25(3)20(29)27(18(16)28)11-15-22-12(2)13-8-6-7-9-14(13)23-15/h6-9H,10-11H2,1-3H3. The fraction of sp³-hybridized carbons (Fsp3) is 0.250. The molecule has 0 N–H and O–H groups in total. The molecule has 0 fully saturated rings. The summed E-state index contributed by atoms with van der Waals surface area (Å²) in [7, 11) is 1.55. The Morgan fingerprint density at radius 1 is 1.10 bits per heavy atom. The third kappa shape index (κ3) is 3.09. The Hall–Kier alpha value is -3.44. The number of rotatable bonds is 3. The maximum Gasteiger partial charge on any atom is 0.332 e. The summed E-state index contributed by atoms with van der Waals surface area (Å²) in [6, 6.07) is 7.60. The third-order valence-corrected chi connectivity index (χ3v) is 5.03. The molecule has 0 unspecified atom stereocenters. The van der Waals surface area contributed by atoms with Crippen molar-refractivity contribution in [3.8, 4) is 11.8 Å². The molecule has 0 aliphatic carbocycles. The lowest BCUT2D eigenvalue weighted by atomic mass is 10.2. The Balaban J connectivity index is 1.93. The Kier molecular flexibility index (Phi) is 4.68. The van der Waals surface area contributed by atoms with Gasteiger partial charge in [0.15, 0.2) is 11.2 Å². The zero-order valence-corrected chi connectivity index (χ0v) is 16.9. The number of nitrogens with zero attached hydrogens (tertiary/aromatic N) is 6. The molecule has 0 aliphatic rings. The number of aromatic nitrogens is 6. The molecule has 0 saturated carbocycles. The summed E-state index contributed by atoms with van der Waals surface area (Å²) in [6.45, 7) is 3.70. The Labute approximate surface area is 170 Å². The van der Waals surface area contributed by atoms with Gasteiger partial charge < -0.3 is 0 Å². The molecule has 9 heteroatoms. The molecule has 0 saturated heterocycles. The minimum Gasteiger partial charge on any atom is -0.297 e. The Morgan fingerprint density at radius 2 is 1.86 bits per heavy atom. The van der Waals surface area contributed by atoms with Gasteiger partial charge in [-0.25, -0.2) is 14.8 Å². The van der Waals surface area contributed by atoms with Crippen molar-refractivity contribution in [2.75, 3.05) is 0 Å². The van der Waals surface area contributed by atoms with Crippen LogP contribution in [-0.4, -0.2) is 28.7 Å². The van der Waals surface area contributed by atoms with Crippen LogP contribution in [0.4, 0.5) is 0 Å². The SMILES string of the molecule is CC#CCn1c(Cl)nc2c1c(=O)n(Cc1nc(C)c3ccccc3n1)c(=O)n2C. The quantitative estimate of drug-likeness (QED) is 0.381. The zero-order chi connectivity index (χ0) is 20.7. The summed E-state index contributed by atoms with van der Waals surface area (Å²) in [5, 5.41) is 1.03. The minimum absolute atomic E-state index is 0.0601. The lowest BCUT2D eigenvalue weighted by Crippen LogP contribution is -2.40. The molecule has 29 heavy (non-hydrogen) atoms. The predicted molar refractivity (Wildman–Crippen MR) is 111 cm³/mol. The first-order valence-electron chi connectivity index (χ1n) is 8.89. The van der Waals surface area contributed by atoms with Crippen molar-refractivity contribution in [2.24, 2.45) is 7.05 Å². The van der Waals surface area contributed by atoms with E-state index < -0.39 is 11.2 Å². The summed E-state index contributed by atoms with van der Waals surface area (Å²) in [5.74, 6) is 6.02. The number of hydrogen-bond acceptors (Lipinski definition) is 5. The number of aryl methyl sites for hydroxylation is 2. The highest BCUT2D eigenvalue weighted by Gasteiger charge is 2.20. The summed E-state index contributed by atoms with van der Waals surface area (Å²) < 4.78 is 3.89. The van der Waals surface area contributed by atoms with Gasteiger partial charge in [0.05, 0.1) is 18.6 Å². The van der Waals surface area contributed by atoms with E-state index in [0.29, 0.717) is 5.82 Å². The molecular weight excluding hydrogens is 392 g/mol. The molecule has 4 rings (SSSR count). The van der Waals surface area contributed by atoms with Crippen LogP contribution in [0.5, 0.6) is 0 Å². The van der Waals surface area contributed by atoms with Crippen molar-refractivity contribution in [1.82, 2.24) is 28.7 Å². The van der Waals surface area contributed by atoms with Gasteiger partial charge in [-0.3, -0.25) is 18.5 Å². The number of para-hydroxylation sites is 1. The molecular formula is C20H17ClN6O2. The Morgan fingerprint density at radius 3 is 2.62 bits per heavy atom. The smallest absolute Gasteiger partial charge is 0.297 e. The number of halogens is 1. The highest BCUT2D eigenvalue weighted by molar-refractivity contribution is 6.29. The van der Waals surface area contributed by atoms with Crippen molar-refractivity contribution < 1.29 is 0 Å². The maximum atomic E-state index is 13.2. The molecule has 3 aromatic heterocycles. The molecule has 146 valence electrons. The number of imidazole rings is 1. The summed E-state index contributed by atoms with van der Waals surface area (Å²) in [5.41, 5.74) is 0.955. The van der Waals surface area contributed by atoms with Crippen LogP contribution in [0.3, 0.4) is 0 Å². The van der Waals surface area contributed by atoms with Gasteiger partial charge in [-0.2, -0.15) is 4.98 Å². The second-order valence-electron chi connectivity index (χ2n) is 6.54. The fourth-order valence-corrected chi connectivity index (χ4v) is 3.52. The molecule has 8 nitrogen and oxygen atoms in total. The lowest BCUT2D eigenvalue weighted by molar-refractivity contribution is 0.633. The van der Waals surface area contributed by atoms with Crippen LogP contribution in [0.1, 0.15) is 18.4 Å². The fourth-order valence-electron chi connectivity index (χ4n) is 3.29. The normalized spacial score (nSPS) is 11.0. The van der Waals surface area contributed by atoms with Gasteiger partial charge >= 0.3 is 5.69 Å². The van der Waals surface area contributed by atoms with Crippen molar-refractivity contribution in [1.29, 1.82) is 0 Å². The molecule has 1 aromatic carbocycles. The largest absolute Gasteiger partial charge is 0.332 e. The molecule has 0 radical (unpaired) electrons. The van der Waals surface area contributed by atoms with Gasteiger partial charge in [-0.15, -0.1) is 5.92 Å². The van der Waals surface area contributed by atoms with E-state index in [1.807, 2.05) is 31.2 Å². The number of fused-ring (bicyclic) bond motifs is 2. The first-order chi connectivity index (χ1) is 13.9. The average Bonchev–Trinajstić information content (AvgIpc) is 3.04. The van der Waals surface area contributed by atoms with Crippen molar-refractivity contribution in [3.63, 3.8) is 0 Å². The number of benzene rings is 1. The minimum atomic E-state index is -0.514. The van der Waals surface area contributed by atoms with Gasteiger partial charge in [-0.05, 0) is 31.5 Å². The molecule has 0 amide bonds. The molecule has 0 bridgehead atoms. The van der Waals surface area contributed by atoms with Crippen molar-refractivity contribution in [3.05, 3.63) is 61.9 Å². The molecule has 0 spiro atoms. The van der Waals surface area contributed by atoms with Gasteiger partial charge in [0, 0.05) is 18.1 Å². The molecule has 4 aromatic rings. The van der Waals surface area contributed by atoms with E-state index >= 15 is 0 Å². The highest BCUT2D eigenvalue weighted by Crippen LogP contribution is 2.16. The van der Waals surface area contributed by atoms with Crippen LogP contribution in [0.15, 0.2) is 33.9 Å². The van der Waals surface area contributed by atoms with Crippen LogP contribution in [0, 0.1) is 18.8 Å². The average molecular weight is 409 g/mol. The summed E-state index contributed by atoms with van der Waals surface area (Å²) in [6.07, 6.45) is 0. The topological polar surface area (TPSA) is 87.6 Å². The van der Waals surface area contributed by atoms with Crippen LogP contribution < -0.4 is 11.2 Å². The van der Waals surface area contributed by atoms with Crippen LogP contribution >= 0.6 is 11.6 Å². The van der Waals surface area contributed by atoms with E-state index in [1.54, 1.807) is 14.0 Å². The second kappa shape index (κ2) is 7.18. The van der Waals surface area contributed by atoms with Crippen LogP contribution in [0.25, 0.3) is 22.1 Å². The monoisotopic (exact) mass is 408 g/mol. The van der Waals surface area contributed by atoms with Crippen molar-refractivity contribution >= 4 is 33.7 Å². The molecule has 0 atom stereocenters. The summed E-state index contributed by atoms with van der Waals surface area (Å²) in [4.78, 5) is 39.2. The Bertz CT molecular complexity index is 1450. The van der Waals surface area contributed by atoms with Crippen LogP contribution in [0.2, 0.25) is 5.28 Å². The first-order valence-corrected chi connectivity index (χ1v) is 9.27.